The zero-order valence-electron chi connectivity index (χ0n) is 9.00. The fourth-order valence-corrected chi connectivity index (χ4v) is 2.98. The molecule has 0 N–H and O–H groups in total. The van der Waals surface area contributed by atoms with E-state index in [1.807, 2.05) is 0 Å². The molecule has 3 aromatic rings. The molecule has 0 bridgehead atoms. The van der Waals surface area contributed by atoms with E-state index >= 15 is 0 Å². The fourth-order valence-electron chi connectivity index (χ4n) is 2.29. The Morgan fingerprint density at radius 2 is 1.06 bits per heavy atom. The van der Waals surface area contributed by atoms with Crippen molar-refractivity contribution in [2.24, 2.45) is 0 Å². The van der Waals surface area contributed by atoms with Gasteiger partial charge in [0, 0.05) is 4.47 Å². The van der Waals surface area contributed by atoms with Crippen LogP contribution in [0.3, 0.4) is 0 Å². The molecule has 0 heterocycles. The minimum Gasteiger partial charge on any atom is -0.0616 e. The summed E-state index contributed by atoms with van der Waals surface area (Å²) < 4.78 is 1.20. The topological polar surface area (TPSA) is 0 Å². The van der Waals surface area contributed by atoms with Crippen molar-refractivity contribution in [3.05, 3.63) is 58.6 Å². The van der Waals surface area contributed by atoms with Gasteiger partial charge in [-0.05, 0) is 50.0 Å². The quantitative estimate of drug-likeness (QED) is 0.501. The lowest BCUT2D eigenvalue weighted by molar-refractivity contribution is 1.57. The molecule has 0 amide bonds. The Morgan fingerprint density at radius 1 is 0.688 bits per heavy atom. The van der Waals surface area contributed by atoms with Crippen molar-refractivity contribution >= 4 is 37.5 Å². The van der Waals surface area contributed by atoms with Crippen molar-refractivity contribution in [3.8, 4) is 0 Å². The molecule has 0 atom stereocenters. The van der Waals surface area contributed by atoms with Crippen molar-refractivity contribution in [1.29, 1.82) is 0 Å². The van der Waals surface area contributed by atoms with Crippen LogP contribution in [0.2, 0.25) is 0 Å². The number of halogens is 1. The lowest BCUT2D eigenvalue weighted by Gasteiger charge is -2.10. The lowest BCUT2D eigenvalue weighted by atomic mass is 9.98. The highest BCUT2D eigenvalue weighted by Gasteiger charge is 2.07. The average molecular weight is 271 g/mol. The Morgan fingerprint density at radius 3 is 1.50 bits per heavy atom. The summed E-state index contributed by atoms with van der Waals surface area (Å²) in [4.78, 5) is 0. The monoisotopic (exact) mass is 270 g/mol. The van der Waals surface area contributed by atoms with E-state index in [2.05, 4.69) is 71.4 Å². The number of aryl methyl sites for hydroxylation is 1. The van der Waals surface area contributed by atoms with Crippen LogP contribution in [0.15, 0.2) is 53.0 Å². The second-order valence-electron chi connectivity index (χ2n) is 4.03. The molecule has 16 heavy (non-hydrogen) atoms. The minimum atomic E-state index is 1.20. The first-order valence-corrected chi connectivity index (χ1v) is 6.14. The third-order valence-corrected chi connectivity index (χ3v) is 3.99. The second-order valence-corrected chi connectivity index (χ2v) is 4.82. The standard InChI is InChI=1S/C15H11Br/c1-10-11-6-2-4-8-13(11)15(16)14-9-5-3-7-12(10)14/h2-9H,1H3. The first-order chi connectivity index (χ1) is 7.79. The molecule has 3 aromatic carbocycles. The summed E-state index contributed by atoms with van der Waals surface area (Å²) in [6.07, 6.45) is 0. The molecular formula is C15H11Br. The summed E-state index contributed by atoms with van der Waals surface area (Å²) in [6.45, 7) is 2.19. The lowest BCUT2D eigenvalue weighted by Crippen LogP contribution is -1.84. The van der Waals surface area contributed by atoms with E-state index in [1.165, 1.54) is 31.6 Å². The SMILES string of the molecule is Cc1c2ccccc2c(Br)c2ccccc12. The molecule has 0 saturated carbocycles. The molecule has 1 heteroatoms. The molecule has 0 nitrogen and oxygen atoms in total. The van der Waals surface area contributed by atoms with Gasteiger partial charge in [-0.2, -0.15) is 0 Å². The van der Waals surface area contributed by atoms with Gasteiger partial charge in [-0.3, -0.25) is 0 Å². The summed E-state index contributed by atoms with van der Waals surface area (Å²) in [6, 6.07) is 17.1. The van der Waals surface area contributed by atoms with E-state index in [9.17, 15) is 0 Å². The second kappa shape index (κ2) is 3.60. The Bertz CT molecular complexity index is 566. The average Bonchev–Trinajstić information content (AvgIpc) is 2.36. The molecule has 0 saturated heterocycles. The molecule has 0 aromatic heterocycles. The number of hydrogen-bond donors (Lipinski definition) is 0. The molecular weight excluding hydrogens is 260 g/mol. The Kier molecular flexibility index (Phi) is 2.22. The van der Waals surface area contributed by atoms with E-state index in [0.717, 1.165) is 0 Å². The predicted octanol–water partition coefficient (Wildman–Crippen LogP) is 5.06. The summed E-state index contributed by atoms with van der Waals surface area (Å²) in [7, 11) is 0. The predicted molar refractivity (Wildman–Crippen MR) is 73.9 cm³/mol. The van der Waals surface area contributed by atoms with Gasteiger partial charge < -0.3 is 0 Å². The van der Waals surface area contributed by atoms with E-state index in [-0.39, 0.29) is 0 Å². The number of rotatable bonds is 0. The normalized spacial score (nSPS) is 11.1. The molecule has 0 radical (unpaired) electrons. The molecule has 0 fully saturated rings. The third-order valence-electron chi connectivity index (χ3n) is 3.14. The van der Waals surface area contributed by atoms with Gasteiger partial charge in [0.05, 0.1) is 0 Å². The van der Waals surface area contributed by atoms with E-state index in [1.54, 1.807) is 0 Å². The molecule has 0 aliphatic heterocycles. The van der Waals surface area contributed by atoms with Gasteiger partial charge in [0.25, 0.3) is 0 Å². The van der Waals surface area contributed by atoms with Gasteiger partial charge in [0.15, 0.2) is 0 Å². The maximum Gasteiger partial charge on any atom is 0.0332 e. The maximum atomic E-state index is 3.72. The van der Waals surface area contributed by atoms with Gasteiger partial charge in [-0.1, -0.05) is 48.5 Å². The first kappa shape index (κ1) is 9.86. The van der Waals surface area contributed by atoms with E-state index < -0.39 is 0 Å². The highest BCUT2D eigenvalue weighted by atomic mass is 79.9. The van der Waals surface area contributed by atoms with Crippen molar-refractivity contribution in [1.82, 2.24) is 0 Å². The summed E-state index contributed by atoms with van der Waals surface area (Å²) in [5, 5.41) is 5.23. The molecule has 0 aliphatic rings. The van der Waals surface area contributed by atoms with E-state index in [0.29, 0.717) is 0 Å². The maximum absolute atomic E-state index is 3.72. The molecule has 0 aliphatic carbocycles. The highest BCUT2D eigenvalue weighted by molar-refractivity contribution is 9.10. The van der Waals surface area contributed by atoms with Gasteiger partial charge in [-0.15, -0.1) is 0 Å². The zero-order chi connectivity index (χ0) is 11.1. The number of fused-ring (bicyclic) bond motifs is 2. The van der Waals surface area contributed by atoms with Crippen LogP contribution in [0.5, 0.6) is 0 Å². The largest absolute Gasteiger partial charge is 0.0616 e. The summed E-state index contributed by atoms with van der Waals surface area (Å²) in [5.41, 5.74) is 1.36. The first-order valence-electron chi connectivity index (χ1n) is 5.34. The number of benzene rings is 3. The zero-order valence-corrected chi connectivity index (χ0v) is 10.6. The van der Waals surface area contributed by atoms with Crippen LogP contribution in [0.25, 0.3) is 21.5 Å². The van der Waals surface area contributed by atoms with Gasteiger partial charge >= 0.3 is 0 Å². The Labute approximate surface area is 103 Å². The Hall–Kier alpha value is -1.34. The van der Waals surface area contributed by atoms with Crippen LogP contribution in [0.1, 0.15) is 5.56 Å². The Balaban J connectivity index is 2.67. The van der Waals surface area contributed by atoms with Crippen LogP contribution < -0.4 is 0 Å². The van der Waals surface area contributed by atoms with Crippen molar-refractivity contribution in [2.45, 2.75) is 6.92 Å². The summed E-state index contributed by atoms with van der Waals surface area (Å²) >= 11 is 3.72. The van der Waals surface area contributed by atoms with Crippen LogP contribution in [0, 0.1) is 6.92 Å². The van der Waals surface area contributed by atoms with Gasteiger partial charge in [0.1, 0.15) is 0 Å². The van der Waals surface area contributed by atoms with Crippen molar-refractivity contribution < 1.29 is 0 Å². The highest BCUT2D eigenvalue weighted by Crippen LogP contribution is 2.35. The molecule has 0 spiro atoms. The molecule has 0 unspecified atom stereocenters. The van der Waals surface area contributed by atoms with Crippen LogP contribution >= 0.6 is 15.9 Å². The van der Waals surface area contributed by atoms with Crippen molar-refractivity contribution in [3.63, 3.8) is 0 Å². The summed E-state index contributed by atoms with van der Waals surface area (Å²) in [5.74, 6) is 0. The van der Waals surface area contributed by atoms with Crippen LogP contribution in [0.4, 0.5) is 0 Å². The number of hydrogen-bond acceptors (Lipinski definition) is 0. The van der Waals surface area contributed by atoms with E-state index in [4.69, 9.17) is 0 Å². The fraction of sp³-hybridized carbons (Fsp3) is 0.0667. The molecule has 78 valence electrons. The van der Waals surface area contributed by atoms with Gasteiger partial charge in [0.2, 0.25) is 0 Å². The van der Waals surface area contributed by atoms with Crippen LogP contribution in [-0.2, 0) is 0 Å². The van der Waals surface area contributed by atoms with Crippen molar-refractivity contribution in [2.75, 3.05) is 0 Å². The van der Waals surface area contributed by atoms with Gasteiger partial charge in [-0.25, -0.2) is 0 Å². The molecule has 3 rings (SSSR count). The minimum absolute atomic E-state index is 1.20. The smallest absolute Gasteiger partial charge is 0.0332 e. The van der Waals surface area contributed by atoms with Crippen LogP contribution in [-0.4, -0.2) is 0 Å². The third kappa shape index (κ3) is 1.28.